The van der Waals surface area contributed by atoms with Gasteiger partial charge in [-0.3, -0.25) is 0 Å². The van der Waals surface area contributed by atoms with Gasteiger partial charge in [-0.05, 0) is 26.3 Å². The maximum atomic E-state index is 9.53. The Bertz CT molecular complexity index is 305. The molecule has 0 aliphatic rings. The molecule has 0 amide bonds. The molecule has 1 rings (SSSR count). The predicted molar refractivity (Wildman–Crippen MR) is 52.2 cm³/mol. The first-order valence-corrected chi connectivity index (χ1v) is 4.49. The summed E-state index contributed by atoms with van der Waals surface area (Å²) >= 11 is 4.76. The summed E-state index contributed by atoms with van der Waals surface area (Å²) < 4.78 is 5.12. The van der Waals surface area contributed by atoms with Crippen LogP contribution in [0.1, 0.15) is 5.76 Å². The zero-order chi connectivity index (χ0) is 9.84. The van der Waals surface area contributed by atoms with Gasteiger partial charge < -0.3 is 19.4 Å². The Labute approximate surface area is 82.2 Å². The summed E-state index contributed by atoms with van der Waals surface area (Å²) in [5.41, 5.74) is 0. The molecule has 74 valence electrons. The van der Waals surface area contributed by atoms with Crippen LogP contribution in [0.4, 0.5) is 0 Å². The molecule has 0 spiro atoms. The van der Waals surface area contributed by atoms with Crippen molar-refractivity contribution >= 4 is 12.2 Å². The number of hydrogen-bond acceptors (Lipinski definition) is 4. The standard InChI is InChI=1S/C8H14N2O2S/c1-10(2)5-6(11)3-7-4-9-8(13)12-7/h4,6,11H,3,5H2,1-2H3,(H,9,13). The van der Waals surface area contributed by atoms with Crippen molar-refractivity contribution in [3.63, 3.8) is 0 Å². The van der Waals surface area contributed by atoms with Crippen molar-refractivity contribution in [1.29, 1.82) is 0 Å². The van der Waals surface area contributed by atoms with E-state index in [4.69, 9.17) is 16.6 Å². The maximum absolute atomic E-state index is 9.53. The number of oxazole rings is 1. The number of likely N-dealkylation sites (N-methyl/N-ethyl adjacent to an activating group) is 1. The van der Waals surface area contributed by atoms with Crippen molar-refractivity contribution < 1.29 is 9.52 Å². The van der Waals surface area contributed by atoms with Crippen LogP contribution in [0, 0.1) is 4.84 Å². The molecule has 1 atom stereocenters. The number of aromatic amines is 1. The average molecular weight is 202 g/mol. The molecule has 0 aliphatic heterocycles. The summed E-state index contributed by atoms with van der Waals surface area (Å²) in [6.45, 7) is 0.619. The molecule has 1 heterocycles. The van der Waals surface area contributed by atoms with Crippen LogP contribution in [-0.4, -0.2) is 41.7 Å². The highest BCUT2D eigenvalue weighted by Gasteiger charge is 2.08. The van der Waals surface area contributed by atoms with E-state index in [-0.39, 0.29) is 0 Å². The van der Waals surface area contributed by atoms with Crippen LogP contribution in [0.2, 0.25) is 0 Å². The molecule has 13 heavy (non-hydrogen) atoms. The summed E-state index contributed by atoms with van der Waals surface area (Å²) in [6, 6.07) is 0. The van der Waals surface area contributed by atoms with Crippen molar-refractivity contribution in [2.24, 2.45) is 0 Å². The third-order valence-corrected chi connectivity index (χ3v) is 1.79. The second-order valence-corrected chi connectivity index (χ2v) is 3.64. The lowest BCUT2D eigenvalue weighted by Gasteiger charge is -2.14. The fourth-order valence-corrected chi connectivity index (χ4v) is 1.30. The number of aliphatic hydroxyl groups excluding tert-OH is 1. The summed E-state index contributed by atoms with van der Waals surface area (Å²) in [4.78, 5) is 5.03. The fourth-order valence-electron chi connectivity index (χ4n) is 1.14. The van der Waals surface area contributed by atoms with Gasteiger partial charge in [0.25, 0.3) is 4.84 Å². The number of nitrogens with one attached hydrogen (secondary N) is 1. The van der Waals surface area contributed by atoms with E-state index in [1.54, 1.807) is 6.20 Å². The van der Waals surface area contributed by atoms with Gasteiger partial charge in [-0.1, -0.05) is 0 Å². The van der Waals surface area contributed by atoms with E-state index in [2.05, 4.69) is 4.98 Å². The first-order valence-electron chi connectivity index (χ1n) is 4.08. The first kappa shape index (κ1) is 10.4. The Hall–Kier alpha value is -0.650. The van der Waals surface area contributed by atoms with Crippen molar-refractivity contribution in [2.45, 2.75) is 12.5 Å². The Kier molecular flexibility index (Phi) is 3.65. The van der Waals surface area contributed by atoms with Gasteiger partial charge in [0.1, 0.15) is 5.76 Å². The van der Waals surface area contributed by atoms with Crippen molar-refractivity contribution in [2.75, 3.05) is 20.6 Å². The largest absolute Gasteiger partial charge is 0.435 e. The van der Waals surface area contributed by atoms with Crippen molar-refractivity contribution in [3.05, 3.63) is 16.8 Å². The number of nitrogens with zero attached hydrogens (tertiary/aromatic N) is 1. The SMILES string of the molecule is CN(C)CC(O)Cc1c[nH]c(=S)o1. The van der Waals surface area contributed by atoms with Crippen LogP contribution in [0.3, 0.4) is 0 Å². The quantitative estimate of drug-likeness (QED) is 0.709. The molecule has 0 saturated carbocycles. The summed E-state index contributed by atoms with van der Waals surface area (Å²) in [7, 11) is 3.83. The smallest absolute Gasteiger partial charge is 0.266 e. The molecule has 0 saturated heterocycles. The minimum Gasteiger partial charge on any atom is -0.435 e. The van der Waals surface area contributed by atoms with Crippen LogP contribution in [-0.2, 0) is 6.42 Å². The van der Waals surface area contributed by atoms with Crippen LogP contribution >= 0.6 is 12.2 Å². The minimum atomic E-state index is -0.413. The summed E-state index contributed by atoms with van der Waals surface area (Å²) in [5, 5.41) is 9.53. The molecule has 1 unspecified atom stereocenters. The van der Waals surface area contributed by atoms with Gasteiger partial charge in [-0.15, -0.1) is 0 Å². The third-order valence-electron chi connectivity index (χ3n) is 1.59. The van der Waals surface area contributed by atoms with Crippen LogP contribution in [0.5, 0.6) is 0 Å². The number of aliphatic hydroxyl groups is 1. The molecule has 0 bridgehead atoms. The monoisotopic (exact) mass is 202 g/mol. The molecule has 0 aromatic carbocycles. The van der Waals surface area contributed by atoms with Crippen LogP contribution < -0.4 is 0 Å². The van der Waals surface area contributed by atoms with Gasteiger partial charge in [0.15, 0.2) is 0 Å². The molecular formula is C8H14N2O2S. The van der Waals surface area contributed by atoms with Crippen LogP contribution in [0.15, 0.2) is 10.6 Å². The second kappa shape index (κ2) is 4.55. The second-order valence-electron chi connectivity index (χ2n) is 3.26. The van der Waals surface area contributed by atoms with Gasteiger partial charge in [-0.25, -0.2) is 0 Å². The molecule has 5 heteroatoms. The maximum Gasteiger partial charge on any atom is 0.266 e. The normalized spacial score (nSPS) is 13.5. The van der Waals surface area contributed by atoms with E-state index >= 15 is 0 Å². The van der Waals surface area contributed by atoms with Gasteiger partial charge in [-0.2, -0.15) is 0 Å². The van der Waals surface area contributed by atoms with E-state index in [1.807, 2.05) is 19.0 Å². The molecular weight excluding hydrogens is 188 g/mol. The predicted octanol–water partition coefficient (Wildman–Crippen LogP) is 0.802. The first-order chi connectivity index (χ1) is 6.08. The lowest BCUT2D eigenvalue weighted by atomic mass is 10.2. The molecule has 0 fully saturated rings. The Morgan fingerprint density at radius 2 is 2.38 bits per heavy atom. The van der Waals surface area contributed by atoms with E-state index < -0.39 is 6.10 Å². The summed E-state index contributed by atoms with van der Waals surface area (Å²) in [5.74, 6) is 0.694. The zero-order valence-corrected chi connectivity index (χ0v) is 8.60. The van der Waals surface area contributed by atoms with E-state index in [0.717, 1.165) is 0 Å². The zero-order valence-electron chi connectivity index (χ0n) is 7.78. The average Bonchev–Trinajstić information content (AvgIpc) is 2.33. The molecule has 0 radical (unpaired) electrons. The van der Waals surface area contributed by atoms with Gasteiger partial charge in [0.2, 0.25) is 0 Å². The number of hydrogen-bond donors (Lipinski definition) is 2. The minimum absolute atomic E-state index is 0.354. The third kappa shape index (κ3) is 3.71. The molecule has 4 nitrogen and oxygen atoms in total. The fraction of sp³-hybridized carbons (Fsp3) is 0.625. The highest BCUT2D eigenvalue weighted by atomic mass is 32.1. The Morgan fingerprint density at radius 1 is 1.69 bits per heavy atom. The van der Waals surface area contributed by atoms with Gasteiger partial charge in [0.05, 0.1) is 6.10 Å². The van der Waals surface area contributed by atoms with E-state index in [0.29, 0.717) is 23.6 Å². The molecule has 0 aliphatic carbocycles. The summed E-state index contributed by atoms with van der Waals surface area (Å²) in [6.07, 6.45) is 1.76. The Balaban J connectivity index is 2.45. The molecule has 1 aromatic rings. The topological polar surface area (TPSA) is 52.4 Å². The van der Waals surface area contributed by atoms with E-state index in [1.165, 1.54) is 0 Å². The van der Waals surface area contributed by atoms with Gasteiger partial charge >= 0.3 is 0 Å². The number of aromatic nitrogens is 1. The lowest BCUT2D eigenvalue weighted by molar-refractivity contribution is 0.131. The van der Waals surface area contributed by atoms with Crippen molar-refractivity contribution in [1.82, 2.24) is 9.88 Å². The highest BCUT2D eigenvalue weighted by Crippen LogP contribution is 2.03. The van der Waals surface area contributed by atoms with Crippen molar-refractivity contribution in [3.8, 4) is 0 Å². The van der Waals surface area contributed by atoms with Crippen LogP contribution in [0.25, 0.3) is 0 Å². The highest BCUT2D eigenvalue weighted by molar-refractivity contribution is 7.71. The lowest BCUT2D eigenvalue weighted by Crippen LogP contribution is -2.27. The Morgan fingerprint density at radius 3 is 2.85 bits per heavy atom. The molecule has 2 N–H and O–H groups in total. The van der Waals surface area contributed by atoms with Gasteiger partial charge in [0, 0.05) is 19.2 Å². The molecule has 1 aromatic heterocycles. The van der Waals surface area contributed by atoms with E-state index in [9.17, 15) is 5.11 Å². The number of H-pyrrole nitrogens is 1. The number of rotatable bonds is 4.